The molecule has 1 rings (SSSR count). The van der Waals surface area contributed by atoms with E-state index in [1.807, 2.05) is 0 Å². The van der Waals surface area contributed by atoms with E-state index in [9.17, 15) is 5.11 Å². The van der Waals surface area contributed by atoms with Gasteiger partial charge in [0.05, 0.1) is 19.3 Å². The minimum absolute atomic E-state index is 0.256. The van der Waals surface area contributed by atoms with E-state index in [-0.39, 0.29) is 6.10 Å². The SMILES string of the molecule is CC(C)CCCCNCC(O)CN1CCOCC1. The molecule has 108 valence electrons. The second-order valence-corrected chi connectivity index (χ2v) is 5.66. The summed E-state index contributed by atoms with van der Waals surface area (Å²) in [5.74, 6) is 0.803. The summed E-state index contributed by atoms with van der Waals surface area (Å²) in [5, 5.41) is 13.2. The molecular weight excluding hydrogens is 228 g/mol. The number of β-amino-alcohol motifs (C(OH)–C–C–N with tert-alkyl or cyclic N) is 1. The van der Waals surface area contributed by atoms with Crippen LogP contribution in [0.5, 0.6) is 0 Å². The van der Waals surface area contributed by atoms with E-state index >= 15 is 0 Å². The average molecular weight is 258 g/mol. The first-order chi connectivity index (χ1) is 8.68. The quantitative estimate of drug-likeness (QED) is 0.608. The van der Waals surface area contributed by atoms with Gasteiger partial charge in [-0.05, 0) is 18.9 Å². The molecule has 4 heteroatoms. The Morgan fingerprint density at radius 2 is 1.94 bits per heavy atom. The Bertz CT molecular complexity index is 194. The lowest BCUT2D eigenvalue weighted by Crippen LogP contribution is -2.43. The van der Waals surface area contributed by atoms with Gasteiger partial charge >= 0.3 is 0 Å². The molecule has 0 radical (unpaired) electrons. The van der Waals surface area contributed by atoms with Crippen LogP contribution in [0.15, 0.2) is 0 Å². The van der Waals surface area contributed by atoms with Crippen LogP contribution in [-0.2, 0) is 4.74 Å². The number of nitrogens with one attached hydrogen (secondary N) is 1. The highest BCUT2D eigenvalue weighted by Crippen LogP contribution is 2.05. The van der Waals surface area contributed by atoms with Crippen LogP contribution in [0.3, 0.4) is 0 Å². The molecule has 1 atom stereocenters. The standard InChI is InChI=1S/C14H30N2O2/c1-13(2)5-3-4-6-15-11-14(17)12-16-7-9-18-10-8-16/h13-15,17H,3-12H2,1-2H3. The molecule has 0 aromatic carbocycles. The van der Waals surface area contributed by atoms with Crippen molar-refractivity contribution in [1.29, 1.82) is 0 Å². The van der Waals surface area contributed by atoms with Crippen molar-refractivity contribution in [3.05, 3.63) is 0 Å². The minimum atomic E-state index is -0.256. The largest absolute Gasteiger partial charge is 0.390 e. The Labute approximate surface area is 112 Å². The van der Waals surface area contributed by atoms with E-state index < -0.39 is 0 Å². The molecule has 0 bridgehead atoms. The van der Waals surface area contributed by atoms with Crippen molar-refractivity contribution < 1.29 is 9.84 Å². The van der Waals surface area contributed by atoms with Crippen molar-refractivity contribution >= 4 is 0 Å². The van der Waals surface area contributed by atoms with Gasteiger partial charge in [0.15, 0.2) is 0 Å². The summed E-state index contributed by atoms with van der Waals surface area (Å²) in [7, 11) is 0. The van der Waals surface area contributed by atoms with Crippen molar-refractivity contribution in [1.82, 2.24) is 10.2 Å². The average Bonchev–Trinajstić information content (AvgIpc) is 2.34. The van der Waals surface area contributed by atoms with Crippen LogP contribution in [0, 0.1) is 5.92 Å². The molecule has 1 unspecified atom stereocenters. The minimum Gasteiger partial charge on any atom is -0.390 e. The molecule has 1 saturated heterocycles. The lowest BCUT2D eigenvalue weighted by molar-refractivity contribution is 0.0149. The highest BCUT2D eigenvalue weighted by Gasteiger charge is 2.14. The van der Waals surface area contributed by atoms with Gasteiger partial charge in [-0.1, -0.05) is 26.7 Å². The molecule has 0 aliphatic carbocycles. The Morgan fingerprint density at radius 3 is 2.61 bits per heavy atom. The van der Waals surface area contributed by atoms with Crippen LogP contribution in [0.4, 0.5) is 0 Å². The smallest absolute Gasteiger partial charge is 0.0791 e. The van der Waals surface area contributed by atoms with Gasteiger partial charge in [0.2, 0.25) is 0 Å². The number of aliphatic hydroxyl groups is 1. The fourth-order valence-corrected chi connectivity index (χ4v) is 2.22. The van der Waals surface area contributed by atoms with Crippen molar-refractivity contribution in [3.8, 4) is 0 Å². The first-order valence-corrected chi connectivity index (χ1v) is 7.37. The first kappa shape index (κ1) is 15.9. The third kappa shape index (κ3) is 8.03. The Morgan fingerprint density at radius 1 is 1.22 bits per heavy atom. The molecule has 1 aliphatic rings. The van der Waals surface area contributed by atoms with E-state index in [0.717, 1.165) is 45.3 Å². The molecule has 1 fully saturated rings. The van der Waals surface area contributed by atoms with Gasteiger partial charge in [0.25, 0.3) is 0 Å². The fourth-order valence-electron chi connectivity index (χ4n) is 2.22. The number of hydrogen-bond acceptors (Lipinski definition) is 4. The van der Waals surface area contributed by atoms with Crippen LogP contribution in [0.25, 0.3) is 0 Å². The summed E-state index contributed by atoms with van der Waals surface area (Å²) >= 11 is 0. The molecule has 0 aromatic rings. The number of ether oxygens (including phenoxy) is 1. The molecule has 18 heavy (non-hydrogen) atoms. The number of nitrogens with zero attached hydrogens (tertiary/aromatic N) is 1. The molecule has 0 aromatic heterocycles. The molecule has 1 aliphatic heterocycles. The lowest BCUT2D eigenvalue weighted by Gasteiger charge is -2.28. The van der Waals surface area contributed by atoms with Gasteiger partial charge in [-0.3, -0.25) is 4.90 Å². The molecule has 0 amide bonds. The van der Waals surface area contributed by atoms with Gasteiger partial charge in [0, 0.05) is 26.2 Å². The van der Waals surface area contributed by atoms with E-state index in [0.29, 0.717) is 6.54 Å². The van der Waals surface area contributed by atoms with Crippen LogP contribution in [0.1, 0.15) is 33.1 Å². The summed E-state index contributed by atoms with van der Waals surface area (Å²) in [6.45, 7) is 10.5. The molecule has 0 spiro atoms. The zero-order valence-electron chi connectivity index (χ0n) is 12.0. The van der Waals surface area contributed by atoms with Crippen molar-refractivity contribution in [2.24, 2.45) is 5.92 Å². The number of morpholine rings is 1. The fraction of sp³-hybridized carbons (Fsp3) is 1.00. The van der Waals surface area contributed by atoms with Crippen molar-refractivity contribution in [3.63, 3.8) is 0 Å². The summed E-state index contributed by atoms with van der Waals surface area (Å²) < 4.78 is 5.29. The van der Waals surface area contributed by atoms with Crippen LogP contribution in [-0.4, -0.2) is 62.0 Å². The maximum atomic E-state index is 9.90. The third-order valence-corrected chi connectivity index (χ3v) is 3.34. The summed E-state index contributed by atoms with van der Waals surface area (Å²) in [6, 6.07) is 0. The first-order valence-electron chi connectivity index (χ1n) is 7.37. The van der Waals surface area contributed by atoms with E-state index in [2.05, 4.69) is 24.1 Å². The van der Waals surface area contributed by atoms with Crippen molar-refractivity contribution in [2.75, 3.05) is 45.9 Å². The molecule has 2 N–H and O–H groups in total. The topological polar surface area (TPSA) is 44.7 Å². The Kier molecular flexibility index (Phi) is 8.59. The Balaban J connectivity index is 1.91. The summed E-state index contributed by atoms with van der Waals surface area (Å²) in [6.07, 6.45) is 3.54. The molecule has 0 saturated carbocycles. The lowest BCUT2D eigenvalue weighted by atomic mass is 10.1. The monoisotopic (exact) mass is 258 g/mol. The normalized spacial score (nSPS) is 19.3. The number of rotatable bonds is 9. The summed E-state index contributed by atoms with van der Waals surface area (Å²) in [4.78, 5) is 2.27. The number of aliphatic hydroxyl groups excluding tert-OH is 1. The third-order valence-electron chi connectivity index (χ3n) is 3.34. The highest BCUT2D eigenvalue weighted by molar-refractivity contribution is 4.69. The van der Waals surface area contributed by atoms with Crippen molar-refractivity contribution in [2.45, 2.75) is 39.2 Å². The molecule has 1 heterocycles. The maximum Gasteiger partial charge on any atom is 0.0791 e. The van der Waals surface area contributed by atoms with E-state index in [4.69, 9.17) is 4.74 Å². The van der Waals surface area contributed by atoms with Gasteiger partial charge in [-0.2, -0.15) is 0 Å². The number of unbranched alkanes of at least 4 members (excludes halogenated alkanes) is 1. The van der Waals surface area contributed by atoms with Gasteiger partial charge in [0.1, 0.15) is 0 Å². The Hall–Kier alpha value is -0.160. The predicted molar refractivity (Wildman–Crippen MR) is 74.8 cm³/mol. The van der Waals surface area contributed by atoms with Gasteiger partial charge in [-0.15, -0.1) is 0 Å². The zero-order valence-corrected chi connectivity index (χ0v) is 12.0. The molecule has 4 nitrogen and oxygen atoms in total. The maximum absolute atomic E-state index is 9.90. The van der Waals surface area contributed by atoms with E-state index in [1.54, 1.807) is 0 Å². The highest BCUT2D eigenvalue weighted by atomic mass is 16.5. The zero-order chi connectivity index (χ0) is 13.2. The van der Waals surface area contributed by atoms with Gasteiger partial charge < -0.3 is 15.2 Å². The summed E-state index contributed by atoms with van der Waals surface area (Å²) in [5.41, 5.74) is 0. The number of hydrogen-bond donors (Lipinski definition) is 2. The van der Waals surface area contributed by atoms with Crippen LogP contribution < -0.4 is 5.32 Å². The second-order valence-electron chi connectivity index (χ2n) is 5.66. The van der Waals surface area contributed by atoms with Crippen LogP contribution >= 0.6 is 0 Å². The second kappa shape index (κ2) is 9.73. The predicted octanol–water partition coefficient (Wildman–Crippen LogP) is 1.10. The van der Waals surface area contributed by atoms with Gasteiger partial charge in [-0.25, -0.2) is 0 Å². The van der Waals surface area contributed by atoms with E-state index in [1.165, 1.54) is 19.3 Å². The molecular formula is C14H30N2O2. The van der Waals surface area contributed by atoms with Crippen LogP contribution in [0.2, 0.25) is 0 Å².